The fraction of sp³-hybridized carbons (Fsp3) is 0.875. The van der Waals surface area contributed by atoms with E-state index < -0.39 is 0 Å². The van der Waals surface area contributed by atoms with Gasteiger partial charge in [-0.2, -0.15) is 0 Å². The number of amides is 2. The number of piperazine rings is 1. The number of rotatable bonds is 7. The lowest BCUT2D eigenvalue weighted by molar-refractivity contribution is -0.128. The van der Waals surface area contributed by atoms with Crippen LogP contribution in [0, 0.1) is 5.92 Å². The molecule has 1 saturated heterocycles. The monoisotopic (exact) mass is 312 g/mol. The third kappa shape index (κ3) is 6.75. The summed E-state index contributed by atoms with van der Waals surface area (Å²) in [6, 6.07) is 0.0557. The van der Waals surface area contributed by atoms with Gasteiger partial charge in [-0.1, -0.05) is 13.8 Å². The zero-order chi connectivity index (χ0) is 16.7. The number of hydrogen-bond donors (Lipinski definition) is 2. The van der Waals surface area contributed by atoms with Crippen LogP contribution in [0.15, 0.2) is 0 Å². The molecular weight excluding hydrogens is 280 g/mol. The van der Waals surface area contributed by atoms with Gasteiger partial charge in [0.25, 0.3) is 0 Å². The molecule has 0 bridgehead atoms. The van der Waals surface area contributed by atoms with Gasteiger partial charge in [-0.3, -0.25) is 19.4 Å². The van der Waals surface area contributed by atoms with Gasteiger partial charge in [0.05, 0.1) is 12.6 Å². The van der Waals surface area contributed by atoms with E-state index in [4.69, 9.17) is 0 Å². The zero-order valence-corrected chi connectivity index (χ0v) is 14.7. The van der Waals surface area contributed by atoms with Crippen molar-refractivity contribution in [2.45, 2.75) is 46.7 Å². The summed E-state index contributed by atoms with van der Waals surface area (Å²) in [5.74, 6) is 0.645. The smallest absolute Gasteiger partial charge is 0.237 e. The topological polar surface area (TPSA) is 64.7 Å². The first-order chi connectivity index (χ1) is 10.3. The predicted molar refractivity (Wildman–Crippen MR) is 88.6 cm³/mol. The van der Waals surface area contributed by atoms with Crippen molar-refractivity contribution in [1.29, 1.82) is 0 Å². The quantitative estimate of drug-likeness (QED) is 0.709. The van der Waals surface area contributed by atoms with Crippen LogP contribution in [-0.4, -0.2) is 73.0 Å². The molecule has 6 heteroatoms. The third-order valence-electron chi connectivity index (χ3n) is 3.84. The molecular formula is C16H32N4O2. The number of carbonyl (C=O) groups is 2. The zero-order valence-electron chi connectivity index (χ0n) is 14.7. The Balaban J connectivity index is 2.31. The molecule has 0 radical (unpaired) electrons. The van der Waals surface area contributed by atoms with Gasteiger partial charge in [0.15, 0.2) is 0 Å². The maximum atomic E-state index is 12.0. The van der Waals surface area contributed by atoms with Gasteiger partial charge < -0.3 is 10.6 Å². The van der Waals surface area contributed by atoms with Crippen LogP contribution in [0.2, 0.25) is 0 Å². The largest absolute Gasteiger partial charge is 0.355 e. The first kappa shape index (κ1) is 18.9. The van der Waals surface area contributed by atoms with Crippen molar-refractivity contribution in [3.05, 3.63) is 0 Å². The van der Waals surface area contributed by atoms with Crippen LogP contribution in [0.25, 0.3) is 0 Å². The van der Waals surface area contributed by atoms with E-state index in [9.17, 15) is 9.59 Å². The van der Waals surface area contributed by atoms with Crippen LogP contribution < -0.4 is 10.6 Å². The highest BCUT2D eigenvalue weighted by Crippen LogP contribution is 2.06. The van der Waals surface area contributed by atoms with Crippen molar-refractivity contribution in [2.24, 2.45) is 5.92 Å². The Morgan fingerprint density at radius 3 is 2.09 bits per heavy atom. The summed E-state index contributed by atoms with van der Waals surface area (Å²) in [7, 11) is 0. The average molecular weight is 312 g/mol. The average Bonchev–Trinajstić information content (AvgIpc) is 2.44. The van der Waals surface area contributed by atoms with Crippen LogP contribution in [0.4, 0.5) is 0 Å². The summed E-state index contributed by atoms with van der Waals surface area (Å²) in [5.41, 5.74) is 0. The van der Waals surface area contributed by atoms with Crippen molar-refractivity contribution in [1.82, 2.24) is 20.4 Å². The minimum absolute atomic E-state index is 0.0816. The molecule has 0 saturated carbocycles. The van der Waals surface area contributed by atoms with Gasteiger partial charge in [0, 0.05) is 38.8 Å². The molecule has 0 aliphatic carbocycles. The summed E-state index contributed by atoms with van der Waals surface area (Å²) in [5, 5.41) is 5.90. The Morgan fingerprint density at radius 1 is 1.00 bits per heavy atom. The molecule has 1 atom stereocenters. The fourth-order valence-electron chi connectivity index (χ4n) is 2.46. The minimum Gasteiger partial charge on any atom is -0.355 e. The Hall–Kier alpha value is -1.14. The normalized spacial score (nSPS) is 18.5. The Kier molecular flexibility index (Phi) is 7.82. The summed E-state index contributed by atoms with van der Waals surface area (Å²) < 4.78 is 0. The maximum absolute atomic E-state index is 12.0. The highest BCUT2D eigenvalue weighted by Gasteiger charge is 2.26. The van der Waals surface area contributed by atoms with E-state index in [1.54, 1.807) is 0 Å². The van der Waals surface area contributed by atoms with Gasteiger partial charge >= 0.3 is 0 Å². The van der Waals surface area contributed by atoms with Gasteiger partial charge in [-0.05, 0) is 26.7 Å². The fourth-order valence-corrected chi connectivity index (χ4v) is 2.46. The predicted octanol–water partition coefficient (Wildman–Crippen LogP) is 0.289. The van der Waals surface area contributed by atoms with Crippen LogP contribution in [0.1, 0.15) is 34.6 Å². The third-order valence-corrected chi connectivity index (χ3v) is 3.84. The van der Waals surface area contributed by atoms with Gasteiger partial charge in [-0.25, -0.2) is 0 Å². The van der Waals surface area contributed by atoms with E-state index in [2.05, 4.69) is 34.3 Å². The van der Waals surface area contributed by atoms with Crippen molar-refractivity contribution in [3.63, 3.8) is 0 Å². The van der Waals surface area contributed by atoms with E-state index in [1.165, 1.54) is 0 Å². The second-order valence-electron chi connectivity index (χ2n) is 6.85. The van der Waals surface area contributed by atoms with E-state index in [-0.39, 0.29) is 23.9 Å². The molecule has 22 heavy (non-hydrogen) atoms. The molecule has 0 aromatic carbocycles. The second kappa shape index (κ2) is 9.10. The number of nitrogens with zero attached hydrogens (tertiary/aromatic N) is 2. The lowest BCUT2D eigenvalue weighted by Gasteiger charge is -2.37. The van der Waals surface area contributed by atoms with Crippen LogP contribution in [-0.2, 0) is 9.59 Å². The SMILES string of the molecule is CC(C)CNC(=O)CN1CCN(C(C)C(=O)NC(C)C)CC1. The molecule has 0 spiro atoms. The van der Waals surface area contributed by atoms with Gasteiger partial charge in [-0.15, -0.1) is 0 Å². The first-order valence-electron chi connectivity index (χ1n) is 8.33. The molecule has 2 amide bonds. The molecule has 0 aromatic heterocycles. The van der Waals surface area contributed by atoms with Crippen molar-refractivity contribution in [2.75, 3.05) is 39.3 Å². The van der Waals surface area contributed by atoms with E-state index in [0.29, 0.717) is 12.5 Å². The van der Waals surface area contributed by atoms with Crippen LogP contribution in [0.3, 0.4) is 0 Å². The maximum Gasteiger partial charge on any atom is 0.237 e. The molecule has 1 unspecified atom stereocenters. The van der Waals surface area contributed by atoms with Crippen LogP contribution >= 0.6 is 0 Å². The van der Waals surface area contributed by atoms with E-state index in [1.807, 2.05) is 20.8 Å². The molecule has 2 N–H and O–H groups in total. The molecule has 1 fully saturated rings. The standard InChI is InChI=1S/C16H32N4O2/c1-12(2)10-17-15(21)11-19-6-8-20(9-7-19)14(5)16(22)18-13(3)4/h12-14H,6-11H2,1-5H3,(H,17,21)(H,18,22). The number of carbonyl (C=O) groups excluding carboxylic acids is 2. The number of hydrogen-bond acceptors (Lipinski definition) is 4. The van der Waals surface area contributed by atoms with Gasteiger partial charge in [0.2, 0.25) is 11.8 Å². The first-order valence-corrected chi connectivity index (χ1v) is 8.33. The van der Waals surface area contributed by atoms with Crippen molar-refractivity contribution < 1.29 is 9.59 Å². The summed E-state index contributed by atoms with van der Waals surface area (Å²) in [6.45, 7) is 14.5. The van der Waals surface area contributed by atoms with Crippen LogP contribution in [0.5, 0.6) is 0 Å². The van der Waals surface area contributed by atoms with Crippen molar-refractivity contribution >= 4 is 11.8 Å². The molecule has 1 aliphatic rings. The lowest BCUT2D eigenvalue weighted by atomic mass is 10.2. The summed E-state index contributed by atoms with van der Waals surface area (Å²) >= 11 is 0. The highest BCUT2D eigenvalue weighted by atomic mass is 16.2. The molecule has 128 valence electrons. The summed E-state index contributed by atoms with van der Waals surface area (Å²) in [4.78, 5) is 28.2. The second-order valence-corrected chi connectivity index (χ2v) is 6.85. The van der Waals surface area contributed by atoms with Gasteiger partial charge in [0.1, 0.15) is 0 Å². The molecule has 6 nitrogen and oxygen atoms in total. The van der Waals surface area contributed by atoms with E-state index >= 15 is 0 Å². The molecule has 1 heterocycles. The Labute approximate surface area is 134 Å². The Bertz CT molecular complexity index is 363. The van der Waals surface area contributed by atoms with E-state index in [0.717, 1.165) is 32.7 Å². The highest BCUT2D eigenvalue weighted by molar-refractivity contribution is 5.81. The minimum atomic E-state index is -0.112. The summed E-state index contributed by atoms with van der Waals surface area (Å²) in [6.07, 6.45) is 0. The molecule has 1 aliphatic heterocycles. The number of nitrogens with one attached hydrogen (secondary N) is 2. The Morgan fingerprint density at radius 2 is 1.59 bits per heavy atom. The molecule has 0 aromatic rings. The molecule has 1 rings (SSSR count). The lowest BCUT2D eigenvalue weighted by Crippen LogP contribution is -2.55. The van der Waals surface area contributed by atoms with Crippen molar-refractivity contribution in [3.8, 4) is 0 Å².